The number of hydrogen-bond donors (Lipinski definition) is 2. The fourth-order valence-electron chi connectivity index (χ4n) is 2.36. The van der Waals surface area contributed by atoms with Gasteiger partial charge in [-0.05, 0) is 59.7 Å². The van der Waals surface area contributed by atoms with Crippen molar-refractivity contribution in [1.82, 2.24) is 0 Å². The van der Waals surface area contributed by atoms with E-state index in [1.54, 1.807) is 26.6 Å². The van der Waals surface area contributed by atoms with E-state index in [4.69, 9.17) is 9.47 Å². The third-order valence-corrected chi connectivity index (χ3v) is 3.93. The highest BCUT2D eigenvalue weighted by Crippen LogP contribution is 2.15. The second-order valence-electron chi connectivity index (χ2n) is 5.86. The molecule has 0 heterocycles. The molecule has 0 atom stereocenters. The Morgan fingerprint density at radius 2 is 0.929 bits per heavy atom. The minimum atomic E-state index is 0.813. The molecule has 0 aliphatic heterocycles. The third-order valence-electron chi connectivity index (χ3n) is 3.93. The Balaban J connectivity index is 1.50. The number of anilines is 2. The first kappa shape index (κ1) is 19.0. The van der Waals surface area contributed by atoms with Crippen LogP contribution in [0.4, 0.5) is 11.4 Å². The second-order valence-corrected chi connectivity index (χ2v) is 5.86. The number of nitrogens with one attached hydrogen (secondary N) is 2. The molecule has 0 bridgehead atoms. The van der Waals surface area contributed by atoms with E-state index < -0.39 is 0 Å². The molecule has 3 rings (SSSR count). The standard InChI is InChI=1S/C22H22N4O2/c1-27-21-11-7-19(8-12-21)25-23-15-17-3-5-18(6-4-17)16-24-26-20-9-13-22(28-2)14-10-20/h3-16,25-26H,1-2H3/b23-15+,24-16+. The topological polar surface area (TPSA) is 67.2 Å². The Hall–Kier alpha value is -3.80. The highest BCUT2D eigenvalue weighted by Gasteiger charge is 1.94. The number of rotatable bonds is 8. The molecule has 3 aromatic carbocycles. The van der Waals surface area contributed by atoms with Crippen LogP contribution in [0.3, 0.4) is 0 Å². The van der Waals surface area contributed by atoms with E-state index in [9.17, 15) is 0 Å². The average Bonchev–Trinajstić information content (AvgIpc) is 2.76. The maximum absolute atomic E-state index is 5.13. The molecule has 0 saturated carbocycles. The van der Waals surface area contributed by atoms with Crippen LogP contribution in [0.1, 0.15) is 11.1 Å². The van der Waals surface area contributed by atoms with Gasteiger partial charge in [0.2, 0.25) is 0 Å². The maximum atomic E-state index is 5.13. The van der Waals surface area contributed by atoms with Crippen molar-refractivity contribution in [3.05, 3.63) is 83.9 Å². The molecule has 0 saturated heterocycles. The molecule has 142 valence electrons. The highest BCUT2D eigenvalue weighted by molar-refractivity contribution is 5.84. The first-order chi connectivity index (χ1) is 13.8. The van der Waals surface area contributed by atoms with Gasteiger partial charge in [0.15, 0.2) is 0 Å². The van der Waals surface area contributed by atoms with E-state index >= 15 is 0 Å². The molecule has 2 N–H and O–H groups in total. The summed E-state index contributed by atoms with van der Waals surface area (Å²) in [6.45, 7) is 0. The lowest BCUT2D eigenvalue weighted by Crippen LogP contribution is -1.93. The molecule has 0 radical (unpaired) electrons. The largest absolute Gasteiger partial charge is 0.497 e. The van der Waals surface area contributed by atoms with Crippen LogP contribution in [0.5, 0.6) is 11.5 Å². The van der Waals surface area contributed by atoms with Gasteiger partial charge >= 0.3 is 0 Å². The van der Waals surface area contributed by atoms with Crippen LogP contribution in [0.25, 0.3) is 0 Å². The van der Waals surface area contributed by atoms with Crippen molar-refractivity contribution in [3.63, 3.8) is 0 Å². The molecule has 0 fully saturated rings. The maximum Gasteiger partial charge on any atom is 0.119 e. The minimum Gasteiger partial charge on any atom is -0.497 e. The fourth-order valence-corrected chi connectivity index (χ4v) is 2.36. The van der Waals surface area contributed by atoms with E-state index in [0.717, 1.165) is 34.0 Å². The number of benzene rings is 3. The summed E-state index contributed by atoms with van der Waals surface area (Å²) in [4.78, 5) is 0. The van der Waals surface area contributed by atoms with Gasteiger partial charge in [0, 0.05) is 0 Å². The van der Waals surface area contributed by atoms with Crippen molar-refractivity contribution in [2.75, 3.05) is 25.1 Å². The van der Waals surface area contributed by atoms with Gasteiger partial charge in [-0.25, -0.2) is 0 Å². The van der Waals surface area contributed by atoms with Crippen LogP contribution in [0.15, 0.2) is 83.0 Å². The Labute approximate surface area is 164 Å². The first-order valence-electron chi connectivity index (χ1n) is 8.73. The molecular weight excluding hydrogens is 352 g/mol. The second kappa shape index (κ2) is 9.78. The van der Waals surface area contributed by atoms with Crippen LogP contribution < -0.4 is 20.3 Å². The summed E-state index contributed by atoms with van der Waals surface area (Å²) in [5, 5.41) is 8.48. The van der Waals surface area contributed by atoms with Gasteiger partial charge in [-0.2, -0.15) is 10.2 Å². The molecule has 0 spiro atoms. The van der Waals surface area contributed by atoms with Gasteiger partial charge in [0.1, 0.15) is 11.5 Å². The van der Waals surface area contributed by atoms with E-state index in [2.05, 4.69) is 21.1 Å². The van der Waals surface area contributed by atoms with Crippen LogP contribution in [0, 0.1) is 0 Å². The summed E-state index contributed by atoms with van der Waals surface area (Å²) >= 11 is 0. The molecule has 28 heavy (non-hydrogen) atoms. The number of hydrogen-bond acceptors (Lipinski definition) is 6. The van der Waals surface area contributed by atoms with Crippen molar-refractivity contribution >= 4 is 23.8 Å². The van der Waals surface area contributed by atoms with E-state index in [1.165, 1.54) is 0 Å². The Morgan fingerprint density at radius 1 is 0.571 bits per heavy atom. The lowest BCUT2D eigenvalue weighted by atomic mass is 10.2. The fraction of sp³-hybridized carbons (Fsp3) is 0.0909. The summed E-state index contributed by atoms with van der Waals surface area (Å²) < 4.78 is 10.3. The monoisotopic (exact) mass is 374 g/mol. The van der Waals surface area contributed by atoms with Gasteiger partial charge in [-0.15, -0.1) is 0 Å². The lowest BCUT2D eigenvalue weighted by molar-refractivity contribution is 0.415. The summed E-state index contributed by atoms with van der Waals surface area (Å²) in [5.74, 6) is 1.63. The van der Waals surface area contributed by atoms with Crippen molar-refractivity contribution in [1.29, 1.82) is 0 Å². The summed E-state index contributed by atoms with van der Waals surface area (Å²) in [5.41, 5.74) is 9.74. The highest BCUT2D eigenvalue weighted by atomic mass is 16.5. The normalized spacial score (nSPS) is 10.9. The van der Waals surface area contributed by atoms with Crippen LogP contribution in [-0.4, -0.2) is 26.6 Å². The minimum absolute atomic E-state index is 0.813. The molecule has 0 unspecified atom stereocenters. The predicted octanol–water partition coefficient (Wildman–Crippen LogP) is 4.60. The van der Waals surface area contributed by atoms with Gasteiger partial charge in [-0.3, -0.25) is 10.9 Å². The van der Waals surface area contributed by atoms with Gasteiger partial charge in [0.05, 0.1) is 38.0 Å². The van der Waals surface area contributed by atoms with E-state index in [0.29, 0.717) is 0 Å². The zero-order valence-electron chi connectivity index (χ0n) is 15.8. The zero-order valence-corrected chi connectivity index (χ0v) is 15.8. The van der Waals surface area contributed by atoms with Gasteiger partial charge in [0.25, 0.3) is 0 Å². The van der Waals surface area contributed by atoms with Gasteiger partial charge in [-0.1, -0.05) is 24.3 Å². The Kier molecular flexibility index (Phi) is 6.62. The lowest BCUT2D eigenvalue weighted by Gasteiger charge is -2.03. The van der Waals surface area contributed by atoms with E-state index in [-0.39, 0.29) is 0 Å². The number of methoxy groups -OCH3 is 2. The average molecular weight is 374 g/mol. The van der Waals surface area contributed by atoms with Crippen molar-refractivity contribution in [3.8, 4) is 11.5 Å². The predicted molar refractivity (Wildman–Crippen MR) is 115 cm³/mol. The molecule has 0 aliphatic carbocycles. The first-order valence-corrected chi connectivity index (χ1v) is 8.73. The third kappa shape index (κ3) is 5.60. The molecule has 0 aliphatic rings. The molecule has 6 heteroatoms. The van der Waals surface area contributed by atoms with Gasteiger partial charge < -0.3 is 9.47 Å². The number of ether oxygens (including phenoxy) is 2. The summed E-state index contributed by atoms with van der Waals surface area (Å²) in [6.07, 6.45) is 3.53. The van der Waals surface area contributed by atoms with Crippen LogP contribution in [-0.2, 0) is 0 Å². The zero-order chi connectivity index (χ0) is 19.6. The van der Waals surface area contributed by atoms with Crippen molar-refractivity contribution in [2.45, 2.75) is 0 Å². The quantitative estimate of drug-likeness (QED) is 0.447. The molecule has 6 nitrogen and oxygen atoms in total. The van der Waals surface area contributed by atoms with Crippen molar-refractivity contribution in [2.24, 2.45) is 10.2 Å². The molecule has 0 aromatic heterocycles. The van der Waals surface area contributed by atoms with Crippen LogP contribution in [0.2, 0.25) is 0 Å². The SMILES string of the molecule is COc1ccc(N/N=C/c2ccc(/C=N/Nc3ccc(OC)cc3)cc2)cc1. The Morgan fingerprint density at radius 3 is 1.25 bits per heavy atom. The Bertz CT molecular complexity index is 840. The molecule has 3 aromatic rings. The smallest absolute Gasteiger partial charge is 0.119 e. The molecule has 0 amide bonds. The number of nitrogens with zero attached hydrogens (tertiary/aromatic N) is 2. The summed E-state index contributed by atoms with van der Waals surface area (Å²) in [6, 6.07) is 23.1. The van der Waals surface area contributed by atoms with E-state index in [1.807, 2.05) is 72.8 Å². The summed E-state index contributed by atoms with van der Waals surface area (Å²) in [7, 11) is 3.29. The molecular formula is C22H22N4O2. The van der Waals surface area contributed by atoms with Crippen LogP contribution >= 0.6 is 0 Å². The number of hydrazone groups is 2. The van der Waals surface area contributed by atoms with Crippen molar-refractivity contribution < 1.29 is 9.47 Å².